The largest absolute Gasteiger partial charge is 0.397 e. The monoisotopic (exact) mass is 290 g/mol. The van der Waals surface area contributed by atoms with Gasteiger partial charge in [0.15, 0.2) is 0 Å². The molecular weight excluding hydrogens is 274 g/mol. The number of carbonyl (C=O) groups is 1. The fourth-order valence-corrected chi connectivity index (χ4v) is 2.14. The Balaban J connectivity index is 2.52. The fraction of sp³-hybridized carbons (Fsp3) is 0.188. The molecule has 2 aromatic rings. The van der Waals surface area contributed by atoms with Crippen LogP contribution in [0.2, 0.25) is 0 Å². The maximum absolute atomic E-state index is 14.1. The Hall–Kier alpha value is -2.43. The highest BCUT2D eigenvalue weighted by atomic mass is 19.1. The third kappa shape index (κ3) is 2.72. The molecule has 0 saturated carbocycles. The van der Waals surface area contributed by atoms with Crippen molar-refractivity contribution in [1.82, 2.24) is 0 Å². The van der Waals surface area contributed by atoms with Crippen molar-refractivity contribution in [3.63, 3.8) is 0 Å². The van der Waals surface area contributed by atoms with Crippen molar-refractivity contribution in [3.8, 4) is 0 Å². The molecule has 0 aliphatic carbocycles. The quantitative estimate of drug-likeness (QED) is 0.879. The molecule has 3 nitrogen and oxygen atoms in total. The standard InChI is InChI=1S/C16H16F2N2O/c1-3-20(13-7-5-4-6-12(13)19)16(21)14-11(17)9-8-10(2)15(14)18/h4-9H,3,19H2,1-2H3. The number of amides is 1. The van der Waals surface area contributed by atoms with E-state index in [0.29, 0.717) is 11.4 Å². The Labute approximate surface area is 122 Å². The zero-order valence-electron chi connectivity index (χ0n) is 11.9. The maximum atomic E-state index is 14.1. The zero-order chi connectivity index (χ0) is 15.6. The first-order valence-electron chi connectivity index (χ1n) is 6.58. The number of benzene rings is 2. The summed E-state index contributed by atoms with van der Waals surface area (Å²) >= 11 is 0. The van der Waals surface area contributed by atoms with Gasteiger partial charge in [0.25, 0.3) is 5.91 Å². The number of para-hydroxylation sites is 2. The second kappa shape index (κ2) is 5.91. The number of hydrogen-bond acceptors (Lipinski definition) is 2. The average molecular weight is 290 g/mol. The van der Waals surface area contributed by atoms with Crippen LogP contribution in [0, 0.1) is 18.6 Å². The van der Waals surface area contributed by atoms with Crippen LogP contribution >= 0.6 is 0 Å². The van der Waals surface area contributed by atoms with Crippen LogP contribution in [-0.2, 0) is 0 Å². The lowest BCUT2D eigenvalue weighted by Crippen LogP contribution is -2.32. The van der Waals surface area contributed by atoms with Gasteiger partial charge in [-0.1, -0.05) is 18.2 Å². The molecule has 0 unspecified atom stereocenters. The molecule has 2 rings (SSSR count). The zero-order valence-corrected chi connectivity index (χ0v) is 11.9. The van der Waals surface area contributed by atoms with Gasteiger partial charge >= 0.3 is 0 Å². The van der Waals surface area contributed by atoms with Crippen molar-refractivity contribution < 1.29 is 13.6 Å². The molecule has 110 valence electrons. The molecule has 0 heterocycles. The molecule has 2 aromatic carbocycles. The third-order valence-corrected chi connectivity index (χ3v) is 3.29. The molecule has 0 bridgehead atoms. The molecule has 0 atom stereocenters. The second-order valence-electron chi connectivity index (χ2n) is 4.66. The lowest BCUT2D eigenvalue weighted by Gasteiger charge is -2.23. The molecule has 0 spiro atoms. The van der Waals surface area contributed by atoms with Crippen LogP contribution in [-0.4, -0.2) is 12.5 Å². The van der Waals surface area contributed by atoms with Gasteiger partial charge in [-0.05, 0) is 37.6 Å². The summed E-state index contributed by atoms with van der Waals surface area (Å²) in [5, 5.41) is 0. The Morgan fingerprint density at radius 3 is 2.48 bits per heavy atom. The summed E-state index contributed by atoms with van der Waals surface area (Å²) in [6, 6.07) is 9.11. The van der Waals surface area contributed by atoms with Crippen LogP contribution in [0.3, 0.4) is 0 Å². The van der Waals surface area contributed by atoms with Crippen molar-refractivity contribution in [1.29, 1.82) is 0 Å². The van der Waals surface area contributed by atoms with Gasteiger partial charge in [0, 0.05) is 6.54 Å². The van der Waals surface area contributed by atoms with Crippen LogP contribution < -0.4 is 10.6 Å². The van der Waals surface area contributed by atoms with Gasteiger partial charge in [0.05, 0.1) is 11.4 Å². The summed E-state index contributed by atoms with van der Waals surface area (Å²) in [7, 11) is 0. The number of nitrogen functional groups attached to an aromatic ring is 1. The van der Waals surface area contributed by atoms with Crippen molar-refractivity contribution in [3.05, 3.63) is 59.2 Å². The number of nitrogens with two attached hydrogens (primary N) is 1. The average Bonchev–Trinajstić information content (AvgIpc) is 2.46. The molecule has 0 fully saturated rings. The fourth-order valence-electron chi connectivity index (χ4n) is 2.14. The summed E-state index contributed by atoms with van der Waals surface area (Å²) < 4.78 is 28.0. The minimum atomic E-state index is -0.879. The highest BCUT2D eigenvalue weighted by Gasteiger charge is 2.25. The van der Waals surface area contributed by atoms with E-state index in [1.165, 1.54) is 17.9 Å². The molecule has 21 heavy (non-hydrogen) atoms. The first-order valence-corrected chi connectivity index (χ1v) is 6.58. The summed E-state index contributed by atoms with van der Waals surface area (Å²) in [6.07, 6.45) is 0. The molecule has 0 radical (unpaired) electrons. The van der Waals surface area contributed by atoms with E-state index in [1.54, 1.807) is 31.2 Å². The Morgan fingerprint density at radius 1 is 1.19 bits per heavy atom. The minimum Gasteiger partial charge on any atom is -0.397 e. The number of anilines is 2. The SMILES string of the molecule is CCN(C(=O)c1c(F)ccc(C)c1F)c1ccccc1N. The van der Waals surface area contributed by atoms with E-state index in [2.05, 4.69) is 0 Å². The highest BCUT2D eigenvalue weighted by molar-refractivity contribution is 6.08. The molecular formula is C16H16F2N2O. The molecule has 2 N–H and O–H groups in total. The molecule has 0 aliphatic rings. The lowest BCUT2D eigenvalue weighted by atomic mass is 10.1. The van der Waals surface area contributed by atoms with Gasteiger partial charge in [-0.3, -0.25) is 4.79 Å². The normalized spacial score (nSPS) is 10.5. The van der Waals surface area contributed by atoms with Gasteiger partial charge in [0.1, 0.15) is 17.2 Å². The van der Waals surface area contributed by atoms with Crippen molar-refractivity contribution in [2.75, 3.05) is 17.2 Å². The predicted molar refractivity (Wildman–Crippen MR) is 79.3 cm³/mol. The van der Waals surface area contributed by atoms with E-state index >= 15 is 0 Å². The van der Waals surface area contributed by atoms with Crippen LogP contribution in [0.15, 0.2) is 36.4 Å². The first-order chi connectivity index (χ1) is 9.97. The van der Waals surface area contributed by atoms with Crippen LogP contribution in [0.1, 0.15) is 22.8 Å². The summed E-state index contributed by atoms with van der Waals surface area (Å²) in [6.45, 7) is 3.45. The number of halogens is 2. The van der Waals surface area contributed by atoms with Gasteiger partial charge in [-0.15, -0.1) is 0 Å². The maximum Gasteiger partial charge on any atom is 0.264 e. The van der Waals surface area contributed by atoms with Gasteiger partial charge < -0.3 is 10.6 Å². The van der Waals surface area contributed by atoms with Crippen LogP contribution in [0.4, 0.5) is 20.2 Å². The van der Waals surface area contributed by atoms with E-state index in [9.17, 15) is 13.6 Å². The number of rotatable bonds is 3. The van der Waals surface area contributed by atoms with Crippen molar-refractivity contribution >= 4 is 17.3 Å². The minimum absolute atomic E-state index is 0.219. The van der Waals surface area contributed by atoms with Gasteiger partial charge in [0.2, 0.25) is 0 Å². The second-order valence-corrected chi connectivity index (χ2v) is 4.66. The molecule has 0 aliphatic heterocycles. The first kappa shape index (κ1) is 15.0. The third-order valence-electron chi connectivity index (χ3n) is 3.29. The van der Waals surface area contributed by atoms with Crippen LogP contribution in [0.5, 0.6) is 0 Å². The van der Waals surface area contributed by atoms with Gasteiger partial charge in [-0.25, -0.2) is 8.78 Å². The summed E-state index contributed by atoms with van der Waals surface area (Å²) in [5.74, 6) is -2.46. The predicted octanol–water partition coefficient (Wildman–Crippen LogP) is 3.52. The number of nitrogens with zero attached hydrogens (tertiary/aromatic N) is 1. The van der Waals surface area contributed by atoms with E-state index in [-0.39, 0.29) is 12.1 Å². The van der Waals surface area contributed by atoms with E-state index in [1.807, 2.05) is 0 Å². The Morgan fingerprint density at radius 2 is 1.86 bits per heavy atom. The van der Waals surface area contributed by atoms with Gasteiger partial charge in [-0.2, -0.15) is 0 Å². The van der Waals surface area contributed by atoms with E-state index < -0.39 is 23.1 Å². The Bertz CT molecular complexity index is 686. The van der Waals surface area contributed by atoms with Crippen molar-refractivity contribution in [2.24, 2.45) is 0 Å². The smallest absolute Gasteiger partial charge is 0.264 e. The molecule has 1 amide bonds. The van der Waals surface area contributed by atoms with E-state index in [0.717, 1.165) is 6.07 Å². The summed E-state index contributed by atoms with van der Waals surface area (Å²) in [4.78, 5) is 13.8. The summed E-state index contributed by atoms with van der Waals surface area (Å²) in [5.41, 5.74) is 6.31. The van der Waals surface area contributed by atoms with Crippen molar-refractivity contribution in [2.45, 2.75) is 13.8 Å². The topological polar surface area (TPSA) is 46.3 Å². The van der Waals surface area contributed by atoms with E-state index in [4.69, 9.17) is 5.73 Å². The highest BCUT2D eigenvalue weighted by Crippen LogP contribution is 2.26. The van der Waals surface area contributed by atoms with Crippen LogP contribution in [0.25, 0.3) is 0 Å². The molecule has 5 heteroatoms. The molecule has 0 saturated heterocycles. The number of aryl methyl sites for hydroxylation is 1. The number of carbonyl (C=O) groups excluding carboxylic acids is 1. The molecule has 0 aromatic heterocycles. The Kier molecular flexibility index (Phi) is 4.21. The lowest BCUT2D eigenvalue weighted by molar-refractivity contribution is 0.0980. The number of hydrogen-bond donors (Lipinski definition) is 1.